The summed E-state index contributed by atoms with van der Waals surface area (Å²) in [5.74, 6) is 0.0844. The lowest BCUT2D eigenvalue weighted by Gasteiger charge is -2.49. The Morgan fingerprint density at radius 3 is 2.50 bits per heavy atom. The molecular formula is C25H32N4O3. The van der Waals surface area contributed by atoms with Gasteiger partial charge in [0.15, 0.2) is 0 Å². The summed E-state index contributed by atoms with van der Waals surface area (Å²) in [6, 6.07) is 16.7. The molecule has 2 aromatic rings. The van der Waals surface area contributed by atoms with Crippen LogP contribution in [-0.4, -0.2) is 66.2 Å². The molecule has 2 aliphatic heterocycles. The Kier molecular flexibility index (Phi) is 6.77. The Labute approximate surface area is 189 Å². The molecule has 7 heteroatoms. The van der Waals surface area contributed by atoms with Gasteiger partial charge in [-0.2, -0.15) is 0 Å². The van der Waals surface area contributed by atoms with Crippen molar-refractivity contribution in [3.63, 3.8) is 0 Å². The van der Waals surface area contributed by atoms with E-state index in [1.807, 2.05) is 59.5 Å². The maximum absolute atomic E-state index is 13.0. The van der Waals surface area contributed by atoms with Crippen molar-refractivity contribution in [1.29, 1.82) is 0 Å². The van der Waals surface area contributed by atoms with Crippen LogP contribution in [-0.2, 0) is 11.2 Å². The lowest BCUT2D eigenvalue weighted by atomic mass is 9.88. The maximum Gasteiger partial charge on any atom is 0.316 e. The van der Waals surface area contributed by atoms with E-state index < -0.39 is 6.03 Å². The van der Waals surface area contributed by atoms with Crippen LogP contribution >= 0.6 is 0 Å². The lowest BCUT2D eigenvalue weighted by Crippen LogP contribution is -2.60. The van der Waals surface area contributed by atoms with Crippen LogP contribution in [0, 0.1) is 0 Å². The number of urea groups is 1. The number of carbonyl (C=O) groups excluding carboxylic acids is 2. The van der Waals surface area contributed by atoms with E-state index in [2.05, 4.69) is 17.1 Å². The van der Waals surface area contributed by atoms with Crippen LogP contribution in [0.5, 0.6) is 0 Å². The minimum absolute atomic E-state index is 0.0229. The number of piperidine rings is 1. The summed E-state index contributed by atoms with van der Waals surface area (Å²) in [5, 5.41) is 2.70. The number of ether oxygens (including phenoxy) is 1. The van der Waals surface area contributed by atoms with Gasteiger partial charge in [0.1, 0.15) is 0 Å². The molecule has 3 N–H and O–H groups in total. The van der Waals surface area contributed by atoms with Crippen molar-refractivity contribution >= 4 is 17.6 Å². The van der Waals surface area contributed by atoms with Crippen molar-refractivity contribution in [2.75, 3.05) is 38.0 Å². The zero-order valence-electron chi connectivity index (χ0n) is 18.6. The molecule has 2 aliphatic rings. The molecule has 0 saturated carbocycles. The number of primary amides is 1. The third-order valence-electron chi connectivity index (χ3n) is 6.46. The van der Waals surface area contributed by atoms with E-state index in [1.165, 1.54) is 0 Å². The number of nitrogens with two attached hydrogens (primary N) is 1. The lowest BCUT2D eigenvalue weighted by molar-refractivity contribution is -0.161. The number of benzene rings is 2. The number of likely N-dealkylation sites (tertiary alicyclic amines) is 1. The second-order valence-electron chi connectivity index (χ2n) is 8.90. The number of hydrogen-bond donors (Lipinski definition) is 2. The molecule has 3 amide bonds. The average molecular weight is 437 g/mol. The standard InChI is InChI=1S/C25H32N4O3/c1-19-17-29(23(30)21-8-3-2-4-9-21)18-25(32-19)12-15-28(16-13-25)14-11-20-7-5-6-10-22(20)27-24(26)31/h2-10,19H,11-18H2,1H3,(H3,26,27,31). The molecular weight excluding hydrogens is 404 g/mol. The van der Waals surface area contributed by atoms with Crippen LogP contribution in [0.1, 0.15) is 35.7 Å². The maximum atomic E-state index is 13.0. The van der Waals surface area contributed by atoms with Gasteiger partial charge in [-0.3, -0.25) is 4.79 Å². The summed E-state index contributed by atoms with van der Waals surface area (Å²) in [7, 11) is 0. The summed E-state index contributed by atoms with van der Waals surface area (Å²) in [4.78, 5) is 28.7. The molecule has 170 valence electrons. The molecule has 2 saturated heterocycles. The van der Waals surface area contributed by atoms with Crippen molar-refractivity contribution in [2.45, 2.75) is 37.9 Å². The number of hydrogen-bond acceptors (Lipinski definition) is 4. The topological polar surface area (TPSA) is 87.9 Å². The summed E-state index contributed by atoms with van der Waals surface area (Å²) in [6.45, 7) is 6.07. The highest BCUT2D eigenvalue weighted by atomic mass is 16.5. The number of anilines is 1. The van der Waals surface area contributed by atoms with Crippen molar-refractivity contribution in [3.8, 4) is 0 Å². The summed E-state index contributed by atoms with van der Waals surface area (Å²) in [6.07, 6.45) is 2.66. The normalized spacial score (nSPS) is 20.8. The third kappa shape index (κ3) is 5.29. The first-order valence-corrected chi connectivity index (χ1v) is 11.3. The van der Waals surface area contributed by atoms with Crippen molar-refractivity contribution in [3.05, 3.63) is 65.7 Å². The summed E-state index contributed by atoms with van der Waals surface area (Å²) >= 11 is 0. The van der Waals surface area contributed by atoms with Crippen molar-refractivity contribution < 1.29 is 14.3 Å². The van der Waals surface area contributed by atoms with Gasteiger partial charge in [-0.1, -0.05) is 36.4 Å². The van der Waals surface area contributed by atoms with Crippen LogP contribution in [0.15, 0.2) is 54.6 Å². The molecule has 32 heavy (non-hydrogen) atoms. The molecule has 7 nitrogen and oxygen atoms in total. The first kappa shape index (κ1) is 22.3. The quantitative estimate of drug-likeness (QED) is 0.754. The van der Waals surface area contributed by atoms with Gasteiger partial charge in [-0.25, -0.2) is 4.79 Å². The molecule has 1 atom stereocenters. The predicted molar refractivity (Wildman–Crippen MR) is 125 cm³/mol. The summed E-state index contributed by atoms with van der Waals surface area (Å²) in [5.41, 5.74) is 7.60. The largest absolute Gasteiger partial charge is 0.368 e. The monoisotopic (exact) mass is 436 g/mol. The molecule has 1 spiro atoms. The highest BCUT2D eigenvalue weighted by Crippen LogP contribution is 2.33. The number of amides is 3. The zero-order chi connectivity index (χ0) is 22.6. The Morgan fingerprint density at radius 2 is 1.78 bits per heavy atom. The van der Waals surface area contributed by atoms with Crippen LogP contribution in [0.4, 0.5) is 10.5 Å². The van der Waals surface area contributed by atoms with E-state index in [0.717, 1.165) is 55.7 Å². The fraction of sp³-hybridized carbons (Fsp3) is 0.440. The molecule has 4 rings (SSSR count). The average Bonchev–Trinajstić information content (AvgIpc) is 2.79. The Bertz CT molecular complexity index is 941. The van der Waals surface area contributed by atoms with E-state index in [0.29, 0.717) is 13.1 Å². The van der Waals surface area contributed by atoms with E-state index in [4.69, 9.17) is 10.5 Å². The van der Waals surface area contributed by atoms with E-state index >= 15 is 0 Å². The molecule has 0 radical (unpaired) electrons. The highest BCUT2D eigenvalue weighted by molar-refractivity contribution is 5.94. The number of para-hydroxylation sites is 1. The third-order valence-corrected chi connectivity index (χ3v) is 6.46. The first-order chi connectivity index (χ1) is 15.4. The minimum atomic E-state index is -0.546. The molecule has 0 bridgehead atoms. The van der Waals surface area contributed by atoms with Gasteiger partial charge >= 0.3 is 6.03 Å². The van der Waals surface area contributed by atoms with Crippen LogP contribution in [0.2, 0.25) is 0 Å². The minimum Gasteiger partial charge on any atom is -0.368 e. The van der Waals surface area contributed by atoms with E-state index in [-0.39, 0.29) is 17.6 Å². The Morgan fingerprint density at radius 1 is 1.09 bits per heavy atom. The molecule has 2 aromatic carbocycles. The van der Waals surface area contributed by atoms with Crippen LogP contribution in [0.25, 0.3) is 0 Å². The number of carbonyl (C=O) groups is 2. The van der Waals surface area contributed by atoms with Gasteiger partial charge in [-0.05, 0) is 49.9 Å². The van der Waals surface area contributed by atoms with Crippen molar-refractivity contribution in [2.24, 2.45) is 5.73 Å². The first-order valence-electron chi connectivity index (χ1n) is 11.3. The van der Waals surface area contributed by atoms with E-state index in [9.17, 15) is 9.59 Å². The molecule has 0 aliphatic carbocycles. The zero-order valence-corrected chi connectivity index (χ0v) is 18.6. The Balaban J connectivity index is 1.34. The highest BCUT2D eigenvalue weighted by Gasteiger charge is 2.43. The van der Waals surface area contributed by atoms with Gasteiger partial charge in [0, 0.05) is 37.4 Å². The van der Waals surface area contributed by atoms with Gasteiger partial charge in [0.05, 0.1) is 18.2 Å². The SMILES string of the molecule is CC1CN(C(=O)c2ccccc2)CC2(CCN(CCc3ccccc3NC(N)=O)CC2)O1. The van der Waals surface area contributed by atoms with Crippen LogP contribution in [0.3, 0.4) is 0 Å². The summed E-state index contributed by atoms with van der Waals surface area (Å²) < 4.78 is 6.42. The molecule has 1 unspecified atom stereocenters. The number of morpholine rings is 1. The number of nitrogens with one attached hydrogen (secondary N) is 1. The smallest absolute Gasteiger partial charge is 0.316 e. The van der Waals surface area contributed by atoms with Crippen LogP contribution < -0.4 is 11.1 Å². The van der Waals surface area contributed by atoms with Gasteiger partial charge in [0.25, 0.3) is 5.91 Å². The Hall–Kier alpha value is -2.90. The fourth-order valence-electron chi connectivity index (χ4n) is 4.87. The van der Waals surface area contributed by atoms with Gasteiger partial charge < -0.3 is 25.6 Å². The number of nitrogens with zero attached hydrogens (tertiary/aromatic N) is 2. The van der Waals surface area contributed by atoms with E-state index in [1.54, 1.807) is 0 Å². The molecule has 2 fully saturated rings. The second kappa shape index (κ2) is 9.71. The van der Waals surface area contributed by atoms with Gasteiger partial charge in [0.2, 0.25) is 0 Å². The molecule has 2 heterocycles. The predicted octanol–water partition coefficient (Wildman–Crippen LogP) is 3.12. The number of rotatable bonds is 5. The van der Waals surface area contributed by atoms with Gasteiger partial charge in [-0.15, -0.1) is 0 Å². The molecule has 0 aromatic heterocycles. The van der Waals surface area contributed by atoms with Crippen molar-refractivity contribution in [1.82, 2.24) is 9.80 Å². The fourth-order valence-corrected chi connectivity index (χ4v) is 4.87. The second-order valence-corrected chi connectivity index (χ2v) is 8.90.